The topological polar surface area (TPSA) is 228 Å². The maximum absolute atomic E-state index is 14.4. The second kappa shape index (κ2) is 15.7. The number of carbonyl (C=O) groups is 5. The Morgan fingerprint density at radius 3 is 1.35 bits per heavy atom. The molecule has 0 spiro atoms. The van der Waals surface area contributed by atoms with Crippen LogP contribution in [0.5, 0.6) is 0 Å². The van der Waals surface area contributed by atoms with E-state index in [0.717, 1.165) is 4.57 Å². The van der Waals surface area contributed by atoms with Gasteiger partial charge in [0.25, 0.3) is 5.56 Å². The van der Waals surface area contributed by atoms with Gasteiger partial charge in [0, 0.05) is 13.2 Å². The average Bonchev–Trinajstić information content (AvgIpc) is 2.90. The number of hydrogen-bond donors (Lipinski definition) is 1. The number of imide groups is 2. The largest absolute Gasteiger partial charge is 0.443 e. The summed E-state index contributed by atoms with van der Waals surface area (Å²) in [5.74, 6) is -2.65. The number of aliphatic hydroxyl groups excluding tert-OH is 1. The van der Waals surface area contributed by atoms with Crippen molar-refractivity contribution in [1.29, 1.82) is 0 Å². The van der Waals surface area contributed by atoms with Crippen LogP contribution in [0, 0.1) is 5.92 Å². The van der Waals surface area contributed by atoms with Crippen molar-refractivity contribution < 1.29 is 52.8 Å². The maximum Gasteiger partial charge on any atom is 0.427 e. The van der Waals surface area contributed by atoms with Crippen LogP contribution in [0.4, 0.5) is 35.7 Å². The Labute approximate surface area is 313 Å². The van der Waals surface area contributed by atoms with Crippen LogP contribution < -0.4 is 21.0 Å². The Morgan fingerprint density at radius 2 is 1.00 bits per heavy atom. The fraction of sp³-hybridized carbons (Fsp3) is 0.686. The Hall–Kier alpha value is -5.07. The highest BCUT2D eigenvalue weighted by Gasteiger charge is 2.41. The molecular formula is C35H54N6O13. The van der Waals surface area contributed by atoms with Gasteiger partial charge in [-0.05, 0) is 110 Å². The molecule has 0 aliphatic carbocycles. The SMILES string of the molecule is CC(CO)Cn1c(=O)n(C(=O)OC(C)(C)C)c(=O)c2c(N(C(=O)OC(C)(C)C)C(=O)OC(C)(C)C)nc(N(C(=O)OC(C)(C)C)C(=O)OC(C)(C)C)nc21. The molecule has 0 bridgehead atoms. The highest BCUT2D eigenvalue weighted by atomic mass is 16.6. The number of nitrogens with zero attached hydrogens (tertiary/aromatic N) is 6. The average molecular weight is 767 g/mol. The van der Waals surface area contributed by atoms with Crippen LogP contribution in [0.2, 0.25) is 0 Å². The number of fused-ring (bicyclic) bond motifs is 1. The summed E-state index contributed by atoms with van der Waals surface area (Å²) in [6.07, 6.45) is -7.11. The van der Waals surface area contributed by atoms with Gasteiger partial charge >= 0.3 is 36.2 Å². The third-order valence-electron chi connectivity index (χ3n) is 6.05. The summed E-state index contributed by atoms with van der Waals surface area (Å²) in [5, 5.41) is 9.16. The quantitative estimate of drug-likeness (QED) is 0.359. The molecule has 1 unspecified atom stereocenters. The van der Waals surface area contributed by atoms with Gasteiger partial charge in [-0.2, -0.15) is 19.4 Å². The third kappa shape index (κ3) is 12.2. The highest BCUT2D eigenvalue weighted by Crippen LogP contribution is 2.30. The van der Waals surface area contributed by atoms with E-state index in [4.69, 9.17) is 23.7 Å². The van der Waals surface area contributed by atoms with Crippen molar-refractivity contribution in [3.63, 3.8) is 0 Å². The zero-order valence-corrected chi connectivity index (χ0v) is 34.0. The number of rotatable bonds is 5. The predicted molar refractivity (Wildman–Crippen MR) is 196 cm³/mol. The van der Waals surface area contributed by atoms with Gasteiger partial charge in [-0.15, -0.1) is 4.90 Å². The summed E-state index contributed by atoms with van der Waals surface area (Å²) in [4.78, 5) is 107. The lowest BCUT2D eigenvalue weighted by molar-refractivity contribution is 0.0411. The molecule has 2 rings (SSSR count). The number of amides is 4. The molecule has 19 heteroatoms. The molecule has 0 aliphatic heterocycles. The van der Waals surface area contributed by atoms with Crippen molar-refractivity contribution >= 4 is 53.3 Å². The van der Waals surface area contributed by atoms with E-state index in [1.807, 2.05) is 0 Å². The van der Waals surface area contributed by atoms with Gasteiger partial charge in [-0.3, -0.25) is 9.36 Å². The minimum absolute atomic E-state index is 0.103. The molecule has 0 radical (unpaired) electrons. The van der Waals surface area contributed by atoms with E-state index in [1.165, 1.54) is 111 Å². The molecule has 19 nitrogen and oxygen atoms in total. The zero-order valence-electron chi connectivity index (χ0n) is 34.0. The van der Waals surface area contributed by atoms with E-state index in [1.54, 1.807) is 0 Å². The van der Waals surface area contributed by atoms with Crippen molar-refractivity contribution in [3.05, 3.63) is 20.8 Å². The Kier molecular flexibility index (Phi) is 13.1. The van der Waals surface area contributed by atoms with Crippen LogP contribution in [-0.2, 0) is 30.2 Å². The molecule has 0 fully saturated rings. The first-order valence-corrected chi connectivity index (χ1v) is 17.1. The second-order valence-electron chi connectivity index (χ2n) is 17.4. The fourth-order valence-electron chi connectivity index (χ4n) is 4.20. The standard InChI is InChI=1S/C35H54N6O13/c1-19(18-42)17-38-21-20(23(43)40(25(38)44)28(47)52-33(8,9)10)22(39(26(45)50-31(2,3)4)27(46)51-32(5,6)7)37-24(36-21)41(29(48)53-34(11,12)13)30(49)54-35(14,15)16/h19,42H,17-18H2,1-16H3. The van der Waals surface area contributed by atoms with Gasteiger partial charge in [0.05, 0.1) is 0 Å². The van der Waals surface area contributed by atoms with E-state index >= 15 is 0 Å². The Balaban J connectivity index is 3.46. The number of anilines is 2. The van der Waals surface area contributed by atoms with Crippen LogP contribution in [-0.4, -0.2) is 89.3 Å². The Bertz CT molecular complexity index is 1840. The summed E-state index contributed by atoms with van der Waals surface area (Å²) in [7, 11) is 0. The number of aliphatic hydroxyl groups is 1. The van der Waals surface area contributed by atoms with Crippen LogP contribution in [0.1, 0.15) is 111 Å². The smallest absolute Gasteiger partial charge is 0.427 e. The predicted octanol–water partition coefficient (Wildman–Crippen LogP) is 5.72. The summed E-state index contributed by atoms with van der Waals surface area (Å²) < 4.78 is 28.2. The third-order valence-corrected chi connectivity index (χ3v) is 6.05. The fourth-order valence-corrected chi connectivity index (χ4v) is 4.20. The van der Waals surface area contributed by atoms with Crippen molar-refractivity contribution in [2.75, 3.05) is 16.4 Å². The monoisotopic (exact) mass is 766 g/mol. The number of aromatic nitrogens is 4. The molecule has 2 aromatic heterocycles. The molecule has 0 aliphatic rings. The summed E-state index contributed by atoms with van der Waals surface area (Å²) in [6.45, 7) is 23.0. The highest BCUT2D eigenvalue weighted by molar-refractivity contribution is 6.14. The zero-order chi connectivity index (χ0) is 42.1. The number of hydrogen-bond acceptors (Lipinski definition) is 15. The normalized spacial score (nSPS) is 13.1. The van der Waals surface area contributed by atoms with Crippen molar-refractivity contribution in [3.8, 4) is 0 Å². The molecule has 0 saturated carbocycles. The molecule has 1 N–H and O–H groups in total. The molecule has 2 aromatic rings. The van der Waals surface area contributed by atoms with E-state index in [9.17, 15) is 38.7 Å². The molecule has 302 valence electrons. The van der Waals surface area contributed by atoms with Crippen molar-refractivity contribution in [2.45, 2.75) is 145 Å². The molecule has 2 heterocycles. The number of ether oxygens (including phenoxy) is 5. The first kappa shape index (κ1) is 45.1. The number of carbonyl (C=O) groups excluding carboxylic acids is 5. The molecule has 4 amide bonds. The van der Waals surface area contributed by atoms with Crippen molar-refractivity contribution in [2.24, 2.45) is 5.92 Å². The molecule has 54 heavy (non-hydrogen) atoms. The summed E-state index contributed by atoms with van der Waals surface area (Å²) in [5.41, 5.74) is -9.64. The Morgan fingerprint density at radius 1 is 0.630 bits per heavy atom. The lowest BCUT2D eigenvalue weighted by Gasteiger charge is -2.30. The minimum atomic E-state index is -1.46. The second-order valence-corrected chi connectivity index (χ2v) is 17.4. The van der Waals surface area contributed by atoms with Crippen LogP contribution in [0.25, 0.3) is 11.0 Å². The lowest BCUT2D eigenvalue weighted by Crippen LogP contribution is -2.49. The van der Waals surface area contributed by atoms with Crippen LogP contribution in [0.15, 0.2) is 9.59 Å². The van der Waals surface area contributed by atoms with Gasteiger partial charge in [0.1, 0.15) is 33.4 Å². The summed E-state index contributed by atoms with van der Waals surface area (Å²) >= 11 is 0. The summed E-state index contributed by atoms with van der Waals surface area (Å²) in [6, 6.07) is 0. The van der Waals surface area contributed by atoms with Gasteiger partial charge in [-0.1, -0.05) is 6.92 Å². The maximum atomic E-state index is 14.4. The lowest BCUT2D eigenvalue weighted by atomic mass is 10.2. The molecule has 0 aromatic carbocycles. The molecule has 1 atom stereocenters. The van der Waals surface area contributed by atoms with Gasteiger partial charge in [-0.25, -0.2) is 28.8 Å². The van der Waals surface area contributed by atoms with Crippen molar-refractivity contribution in [1.82, 2.24) is 19.1 Å². The van der Waals surface area contributed by atoms with E-state index in [-0.39, 0.29) is 14.4 Å². The van der Waals surface area contributed by atoms with Gasteiger partial charge < -0.3 is 28.8 Å². The van der Waals surface area contributed by atoms with Crippen LogP contribution in [0.3, 0.4) is 0 Å². The van der Waals surface area contributed by atoms with E-state index in [2.05, 4.69) is 9.97 Å². The molecular weight excluding hydrogens is 712 g/mol. The van der Waals surface area contributed by atoms with Gasteiger partial charge in [0.15, 0.2) is 11.5 Å². The first-order valence-electron chi connectivity index (χ1n) is 17.1. The van der Waals surface area contributed by atoms with Gasteiger partial charge in [0.2, 0.25) is 5.95 Å². The molecule has 0 saturated heterocycles. The van der Waals surface area contributed by atoms with E-state index < -0.39 is 112 Å². The minimum Gasteiger partial charge on any atom is -0.443 e. The van der Waals surface area contributed by atoms with E-state index in [0.29, 0.717) is 0 Å². The van der Waals surface area contributed by atoms with Crippen LogP contribution >= 0.6 is 0 Å². The first-order chi connectivity index (χ1) is 24.2.